The third-order valence-electron chi connectivity index (χ3n) is 2.14. The van der Waals surface area contributed by atoms with E-state index in [1.54, 1.807) is 24.3 Å². The Kier molecular flexibility index (Phi) is 5.77. The van der Waals surface area contributed by atoms with Gasteiger partial charge in [0.25, 0.3) is 0 Å². The van der Waals surface area contributed by atoms with Gasteiger partial charge in [0.15, 0.2) is 11.6 Å². The number of rotatable bonds is 2. The van der Waals surface area contributed by atoms with Gasteiger partial charge in [-0.25, -0.2) is 4.98 Å². The molecule has 11 heteroatoms. The topological polar surface area (TPSA) is 47.9 Å². The number of alkyl halides is 6. The van der Waals surface area contributed by atoms with Crippen molar-refractivity contribution < 1.29 is 4.74 Å². The maximum Gasteiger partial charge on any atom is 0.325 e. The average molecular weight is 442 g/mol. The van der Waals surface area contributed by atoms with Crippen molar-refractivity contribution in [2.24, 2.45) is 0 Å². The lowest BCUT2D eigenvalue weighted by Crippen LogP contribution is -2.16. The third kappa shape index (κ3) is 5.03. The highest BCUT2D eigenvalue weighted by Gasteiger charge is 2.34. The van der Waals surface area contributed by atoms with Gasteiger partial charge in [-0.1, -0.05) is 81.2 Å². The molecule has 0 amide bonds. The predicted octanol–water partition coefficient (Wildman–Crippen LogP) is 5.97. The molecule has 0 aliphatic heterocycles. The second-order valence-electron chi connectivity index (χ2n) is 3.82. The second kappa shape index (κ2) is 6.89. The van der Waals surface area contributed by atoms with Gasteiger partial charge in [-0.15, -0.1) is 0 Å². The Hall–Kier alpha value is 0.0600. The molecule has 0 aliphatic carbocycles. The molecule has 2 aromatic rings. The van der Waals surface area contributed by atoms with Crippen LogP contribution in [0.2, 0.25) is 5.02 Å². The number of hydrogen-bond acceptors (Lipinski definition) is 4. The Balaban J connectivity index is 2.44. The standard InChI is InChI=1S/C11H4Cl7N3O/c12-5-1-3-6(4-2-5)22-9-20-7(10(13,14)15)19-8(21-9)11(16,17)18/h1-4H. The van der Waals surface area contributed by atoms with Crippen molar-refractivity contribution in [2.75, 3.05) is 0 Å². The quantitative estimate of drug-likeness (QED) is 0.538. The second-order valence-corrected chi connectivity index (χ2v) is 8.82. The summed E-state index contributed by atoms with van der Waals surface area (Å²) in [6, 6.07) is 6.22. The van der Waals surface area contributed by atoms with Crippen molar-refractivity contribution in [3.8, 4) is 11.8 Å². The highest BCUT2D eigenvalue weighted by atomic mass is 35.6. The molecular weight excluding hydrogens is 438 g/mol. The van der Waals surface area contributed by atoms with E-state index < -0.39 is 7.59 Å². The fraction of sp³-hybridized carbons (Fsp3) is 0.182. The molecule has 2 rings (SSSR count). The highest BCUT2D eigenvalue weighted by molar-refractivity contribution is 6.67. The first kappa shape index (κ1) is 18.4. The number of halogens is 7. The highest BCUT2D eigenvalue weighted by Crippen LogP contribution is 2.40. The maximum absolute atomic E-state index is 5.78. The van der Waals surface area contributed by atoms with Crippen LogP contribution in [0, 0.1) is 0 Å². The average Bonchev–Trinajstić information content (AvgIpc) is 2.39. The van der Waals surface area contributed by atoms with Gasteiger partial charge >= 0.3 is 6.01 Å². The van der Waals surface area contributed by atoms with Crippen LogP contribution in [0.3, 0.4) is 0 Å². The fourth-order valence-corrected chi connectivity index (χ4v) is 1.90. The normalized spacial score (nSPS) is 12.3. The molecular formula is C11H4Cl7N3O. The Labute approximate surface area is 160 Å². The van der Waals surface area contributed by atoms with Crippen LogP contribution in [0.25, 0.3) is 0 Å². The van der Waals surface area contributed by atoms with E-state index in [0.717, 1.165) is 0 Å². The molecule has 0 atom stereocenters. The zero-order chi connectivity index (χ0) is 16.5. The van der Waals surface area contributed by atoms with E-state index >= 15 is 0 Å². The SMILES string of the molecule is Clc1ccc(Oc2nc(C(Cl)(Cl)Cl)nc(C(Cl)(Cl)Cl)n2)cc1. The van der Waals surface area contributed by atoms with Gasteiger partial charge < -0.3 is 4.74 Å². The first-order valence-corrected chi connectivity index (χ1v) is 8.04. The summed E-state index contributed by atoms with van der Waals surface area (Å²) in [6.45, 7) is 0. The number of benzene rings is 1. The molecule has 0 spiro atoms. The van der Waals surface area contributed by atoms with Crippen LogP contribution in [0.1, 0.15) is 11.6 Å². The minimum absolute atomic E-state index is 0.194. The summed E-state index contributed by atoms with van der Waals surface area (Å²) < 4.78 is 1.55. The van der Waals surface area contributed by atoms with Crippen molar-refractivity contribution >= 4 is 81.2 Å². The van der Waals surface area contributed by atoms with Crippen LogP contribution >= 0.6 is 81.2 Å². The maximum atomic E-state index is 5.78. The van der Waals surface area contributed by atoms with Gasteiger partial charge in [-0.3, -0.25) is 0 Å². The number of nitrogens with zero attached hydrogens (tertiary/aromatic N) is 3. The Morgan fingerprint density at radius 3 is 1.59 bits per heavy atom. The van der Waals surface area contributed by atoms with E-state index in [2.05, 4.69) is 15.0 Å². The van der Waals surface area contributed by atoms with Gasteiger partial charge in [0, 0.05) is 5.02 Å². The molecule has 0 aliphatic rings. The van der Waals surface area contributed by atoms with Gasteiger partial charge in [-0.2, -0.15) is 9.97 Å². The van der Waals surface area contributed by atoms with Crippen LogP contribution < -0.4 is 4.74 Å². The molecule has 118 valence electrons. The van der Waals surface area contributed by atoms with Crippen LogP contribution in [-0.2, 0) is 7.59 Å². The number of ether oxygens (including phenoxy) is 1. The molecule has 0 unspecified atom stereocenters. The van der Waals surface area contributed by atoms with E-state index in [0.29, 0.717) is 10.8 Å². The summed E-state index contributed by atoms with van der Waals surface area (Å²) in [6.07, 6.45) is 0. The van der Waals surface area contributed by atoms with Gasteiger partial charge in [0.05, 0.1) is 0 Å². The van der Waals surface area contributed by atoms with Crippen molar-refractivity contribution in [2.45, 2.75) is 7.59 Å². The van der Waals surface area contributed by atoms with E-state index in [9.17, 15) is 0 Å². The minimum atomic E-state index is -1.94. The van der Waals surface area contributed by atoms with Crippen molar-refractivity contribution in [1.29, 1.82) is 0 Å². The number of aromatic nitrogens is 3. The van der Waals surface area contributed by atoms with Gasteiger partial charge in [0.1, 0.15) is 5.75 Å². The molecule has 22 heavy (non-hydrogen) atoms. The van der Waals surface area contributed by atoms with Crippen molar-refractivity contribution in [3.63, 3.8) is 0 Å². The molecule has 0 fully saturated rings. The summed E-state index contributed by atoms with van der Waals surface area (Å²) in [5, 5.41) is 0.534. The lowest BCUT2D eigenvalue weighted by Gasteiger charge is -2.15. The molecule has 0 N–H and O–H groups in total. The first-order chi connectivity index (χ1) is 10.1. The molecule has 1 aromatic carbocycles. The van der Waals surface area contributed by atoms with Crippen LogP contribution in [0.15, 0.2) is 24.3 Å². The van der Waals surface area contributed by atoms with Crippen LogP contribution in [0.5, 0.6) is 11.8 Å². The minimum Gasteiger partial charge on any atom is -0.424 e. The monoisotopic (exact) mass is 439 g/mol. The van der Waals surface area contributed by atoms with E-state index in [1.165, 1.54) is 0 Å². The zero-order valence-corrected chi connectivity index (χ0v) is 15.5. The van der Waals surface area contributed by atoms with Crippen LogP contribution in [0.4, 0.5) is 0 Å². The van der Waals surface area contributed by atoms with E-state index in [1.807, 2.05) is 0 Å². The summed E-state index contributed by atoms with van der Waals surface area (Å²) in [5.74, 6) is -0.0864. The lowest BCUT2D eigenvalue weighted by atomic mass is 10.3. The summed E-state index contributed by atoms with van der Waals surface area (Å²) >= 11 is 40.3. The molecule has 0 saturated carbocycles. The Morgan fingerprint density at radius 1 is 0.727 bits per heavy atom. The smallest absolute Gasteiger partial charge is 0.325 e. The fourth-order valence-electron chi connectivity index (χ4n) is 1.26. The van der Waals surface area contributed by atoms with Crippen molar-refractivity contribution in [3.05, 3.63) is 40.9 Å². The van der Waals surface area contributed by atoms with E-state index in [-0.39, 0.29) is 17.7 Å². The van der Waals surface area contributed by atoms with Crippen LogP contribution in [-0.4, -0.2) is 15.0 Å². The van der Waals surface area contributed by atoms with E-state index in [4.69, 9.17) is 85.9 Å². The number of hydrogen-bond donors (Lipinski definition) is 0. The molecule has 1 aromatic heterocycles. The lowest BCUT2D eigenvalue weighted by molar-refractivity contribution is 0.433. The molecule has 0 saturated heterocycles. The third-order valence-corrected chi connectivity index (χ3v) is 3.41. The Morgan fingerprint density at radius 2 is 1.18 bits per heavy atom. The zero-order valence-electron chi connectivity index (χ0n) is 10.2. The summed E-state index contributed by atoms with van der Waals surface area (Å²) in [7, 11) is 0. The molecule has 1 heterocycles. The predicted molar refractivity (Wildman–Crippen MR) is 89.8 cm³/mol. The summed E-state index contributed by atoms with van der Waals surface area (Å²) in [5.41, 5.74) is 0. The Bertz CT molecular complexity index is 635. The molecule has 0 bridgehead atoms. The van der Waals surface area contributed by atoms with Gasteiger partial charge in [0.2, 0.25) is 7.59 Å². The molecule has 4 nitrogen and oxygen atoms in total. The van der Waals surface area contributed by atoms with Gasteiger partial charge in [-0.05, 0) is 24.3 Å². The summed E-state index contributed by atoms with van der Waals surface area (Å²) in [4.78, 5) is 11.6. The molecule has 0 radical (unpaired) electrons. The largest absolute Gasteiger partial charge is 0.424 e. The first-order valence-electron chi connectivity index (χ1n) is 5.39. The van der Waals surface area contributed by atoms with Crippen molar-refractivity contribution in [1.82, 2.24) is 15.0 Å².